The van der Waals surface area contributed by atoms with E-state index in [1.807, 2.05) is 6.07 Å². The van der Waals surface area contributed by atoms with Gasteiger partial charge >= 0.3 is 0 Å². The number of azo groups is 1. The summed E-state index contributed by atoms with van der Waals surface area (Å²) in [6.07, 6.45) is 1.22. The molecular weight excluding hydrogens is 688 g/mol. The number of ether oxygens (including phenoxy) is 3. The molecule has 1 fully saturated rings. The molecule has 1 amide bonds. The second-order valence-corrected chi connectivity index (χ2v) is 13.9. The van der Waals surface area contributed by atoms with Crippen molar-refractivity contribution in [1.29, 1.82) is 0 Å². The fourth-order valence-corrected chi connectivity index (χ4v) is 7.80. The quantitative estimate of drug-likeness (QED) is 0.0988. The van der Waals surface area contributed by atoms with Crippen molar-refractivity contribution >= 4 is 34.5 Å². The summed E-state index contributed by atoms with van der Waals surface area (Å²) in [5.41, 5.74) is 2.24. The van der Waals surface area contributed by atoms with E-state index in [-0.39, 0.29) is 16.8 Å². The van der Waals surface area contributed by atoms with E-state index in [0.29, 0.717) is 56.7 Å². The minimum absolute atomic E-state index is 0.175. The number of nitrogens with zero attached hydrogens (tertiary/aromatic N) is 3. The molecule has 0 aromatic heterocycles. The van der Waals surface area contributed by atoms with Gasteiger partial charge in [-0.05, 0) is 36.5 Å². The molecule has 284 valence electrons. The van der Waals surface area contributed by atoms with E-state index in [4.69, 9.17) is 19.9 Å². The highest BCUT2D eigenvalue weighted by molar-refractivity contribution is 6.24. The van der Waals surface area contributed by atoms with Gasteiger partial charge in [0.1, 0.15) is 40.0 Å². The molecule has 7 N–H and O–H groups in total. The van der Waals surface area contributed by atoms with Crippen LogP contribution in [-0.4, -0.2) is 94.2 Å². The van der Waals surface area contributed by atoms with Crippen LogP contribution in [0.5, 0.6) is 17.2 Å². The molecule has 1 saturated heterocycles. The van der Waals surface area contributed by atoms with E-state index in [1.54, 1.807) is 13.0 Å². The Kier molecular flexibility index (Phi) is 10.8. The highest BCUT2D eigenvalue weighted by Crippen LogP contribution is 2.56. The third kappa shape index (κ3) is 6.50. The lowest BCUT2D eigenvalue weighted by Gasteiger charge is -2.50. The number of anilines is 1. The number of benzene rings is 2. The Morgan fingerprint density at radius 1 is 1.00 bits per heavy atom. The topological polar surface area (TPSA) is 234 Å². The summed E-state index contributed by atoms with van der Waals surface area (Å²) in [6.45, 7) is 9.14. The summed E-state index contributed by atoms with van der Waals surface area (Å²) in [4.78, 5) is 41.7. The number of fused-ring (bicyclic) bond motifs is 3. The van der Waals surface area contributed by atoms with E-state index in [1.165, 1.54) is 12.1 Å². The van der Waals surface area contributed by atoms with Gasteiger partial charge in [-0.2, -0.15) is 5.11 Å². The number of amides is 1. The fraction of sp³-hybridized carbons (Fsp3) is 0.500. The Bertz CT molecular complexity index is 1900. The van der Waals surface area contributed by atoms with Gasteiger partial charge in [0.15, 0.2) is 11.4 Å². The Morgan fingerprint density at radius 2 is 1.64 bits per heavy atom. The molecule has 4 aliphatic rings. The molecule has 2 aromatic rings. The fourth-order valence-electron chi connectivity index (χ4n) is 7.80. The predicted octanol–water partition coefficient (Wildman–Crippen LogP) is 4.72. The third-order valence-corrected chi connectivity index (χ3v) is 10.6. The summed E-state index contributed by atoms with van der Waals surface area (Å²) >= 11 is 0. The highest BCUT2D eigenvalue weighted by atomic mass is 16.5. The van der Waals surface area contributed by atoms with Gasteiger partial charge in [-0.1, -0.05) is 33.6 Å². The van der Waals surface area contributed by atoms with Gasteiger partial charge < -0.3 is 50.4 Å². The number of aromatic hydroxyl groups is 1. The normalized spacial score (nSPS) is 25.7. The molecule has 3 aliphatic carbocycles. The van der Waals surface area contributed by atoms with Gasteiger partial charge in [-0.15, -0.1) is 5.11 Å². The number of rotatable bonds is 12. The van der Waals surface area contributed by atoms with Crippen molar-refractivity contribution in [3.63, 3.8) is 0 Å². The van der Waals surface area contributed by atoms with Gasteiger partial charge in [0, 0.05) is 49.1 Å². The first kappa shape index (κ1) is 37.8. The molecule has 2 aromatic carbocycles. The highest BCUT2D eigenvalue weighted by Gasteiger charge is 2.64. The van der Waals surface area contributed by atoms with Crippen LogP contribution in [0.25, 0.3) is 0 Å². The molecular formula is C38H46N4O11. The largest absolute Gasteiger partial charge is 0.511 e. The number of phenolic OH excluding ortho intramolecular Hbond substituents is 1. The Hall–Kier alpha value is -4.99. The van der Waals surface area contributed by atoms with Crippen molar-refractivity contribution in [2.45, 2.75) is 70.5 Å². The number of primary amides is 1. The van der Waals surface area contributed by atoms with Crippen molar-refractivity contribution in [3.05, 3.63) is 58.1 Å². The van der Waals surface area contributed by atoms with Crippen LogP contribution >= 0.6 is 0 Å². The molecule has 0 bridgehead atoms. The summed E-state index contributed by atoms with van der Waals surface area (Å²) < 4.78 is 18.0. The Balaban J connectivity index is 1.45. The number of aliphatic hydroxyl groups excluding tert-OH is 3. The number of unbranched alkanes of at least 4 members (excludes halogenated alkanes) is 2. The Labute approximate surface area is 306 Å². The molecule has 0 radical (unpaired) electrons. The molecule has 0 spiro atoms. The van der Waals surface area contributed by atoms with Crippen LogP contribution in [0, 0.1) is 11.8 Å². The molecule has 6 rings (SSSR count). The summed E-state index contributed by atoms with van der Waals surface area (Å²) in [5.74, 6) is -8.57. The van der Waals surface area contributed by atoms with Crippen LogP contribution in [-0.2, 0) is 14.3 Å². The SMILES string of the molecule is CCCCOc1cc(N2CCOCC2)c(OCCCC)cc1N=Nc1ccc(O)c2c1C(C)[C@@H]1C(=C(O)[C@]3(O)C(=O)C(C(N)=O)=C(O)C[C@@H]3[C@H]1O)C2=O. The summed E-state index contributed by atoms with van der Waals surface area (Å²) in [5, 5.41) is 65.4. The second kappa shape index (κ2) is 15.2. The van der Waals surface area contributed by atoms with Crippen LogP contribution < -0.4 is 20.1 Å². The number of carbonyl (C=O) groups excluding carboxylic acids is 3. The van der Waals surface area contributed by atoms with Crippen molar-refractivity contribution in [2.24, 2.45) is 27.8 Å². The third-order valence-electron chi connectivity index (χ3n) is 10.6. The lowest BCUT2D eigenvalue weighted by atomic mass is 9.56. The zero-order valence-corrected chi connectivity index (χ0v) is 30.0. The lowest BCUT2D eigenvalue weighted by molar-refractivity contribution is -0.154. The first-order chi connectivity index (χ1) is 25.4. The maximum Gasteiger partial charge on any atom is 0.255 e. The maximum absolute atomic E-state index is 14.2. The van der Waals surface area contributed by atoms with E-state index in [9.17, 15) is 39.9 Å². The van der Waals surface area contributed by atoms with E-state index in [0.717, 1.165) is 31.4 Å². The number of ketones is 2. The van der Waals surface area contributed by atoms with Crippen LogP contribution in [0.4, 0.5) is 17.1 Å². The summed E-state index contributed by atoms with van der Waals surface area (Å²) in [6, 6.07) is 6.35. The van der Waals surface area contributed by atoms with Gasteiger partial charge in [0.05, 0.1) is 49.5 Å². The monoisotopic (exact) mass is 734 g/mol. The van der Waals surface area contributed by atoms with Crippen LogP contribution in [0.3, 0.4) is 0 Å². The molecule has 53 heavy (non-hydrogen) atoms. The summed E-state index contributed by atoms with van der Waals surface area (Å²) in [7, 11) is 0. The molecule has 0 saturated carbocycles. The molecule has 1 unspecified atom stereocenters. The Morgan fingerprint density at radius 3 is 2.28 bits per heavy atom. The van der Waals surface area contributed by atoms with Crippen molar-refractivity contribution in [1.82, 2.24) is 0 Å². The van der Waals surface area contributed by atoms with Crippen molar-refractivity contribution < 1.29 is 54.1 Å². The minimum Gasteiger partial charge on any atom is -0.511 e. The predicted molar refractivity (Wildman–Crippen MR) is 191 cm³/mol. The average molecular weight is 735 g/mol. The minimum atomic E-state index is -2.93. The standard InChI is InChI=1S/C38H46N4O11/c1-4-6-12-52-26-18-23(42-10-14-51-15-11-42)27(53-13-7-5-2)17-22(26)41-40-21-8-9-24(43)30-28(21)19(3)29-32(34(30)46)36(48)38(50)20(33(29)45)16-25(44)31(35(38)47)37(39)49/h8-9,17-20,29,33,43-45,48,50H,4-7,10-16H2,1-3H3,(H2,39,49)/t19?,20-,29-,33-,38-/m1/s1. The van der Waals surface area contributed by atoms with Gasteiger partial charge in [0.2, 0.25) is 5.78 Å². The van der Waals surface area contributed by atoms with Crippen molar-refractivity contribution in [3.8, 4) is 17.2 Å². The van der Waals surface area contributed by atoms with E-state index < -0.39 is 81.8 Å². The second-order valence-electron chi connectivity index (χ2n) is 13.9. The number of phenols is 1. The maximum atomic E-state index is 14.2. The number of aliphatic hydroxyl groups is 4. The van der Waals surface area contributed by atoms with Crippen LogP contribution in [0.15, 0.2) is 57.2 Å². The van der Waals surface area contributed by atoms with Gasteiger partial charge in [0.25, 0.3) is 5.91 Å². The van der Waals surface area contributed by atoms with Crippen molar-refractivity contribution in [2.75, 3.05) is 44.4 Å². The number of nitrogens with two attached hydrogens (primary N) is 1. The smallest absolute Gasteiger partial charge is 0.255 e. The zero-order chi connectivity index (χ0) is 38.2. The van der Waals surface area contributed by atoms with E-state index in [2.05, 4.69) is 29.0 Å². The molecule has 1 aliphatic heterocycles. The molecule has 5 atom stereocenters. The molecule has 1 heterocycles. The molecule has 15 nitrogen and oxygen atoms in total. The zero-order valence-electron chi connectivity index (χ0n) is 30.0. The number of morpholine rings is 1. The van der Waals surface area contributed by atoms with Gasteiger partial charge in [-0.25, -0.2) is 0 Å². The van der Waals surface area contributed by atoms with Crippen LogP contribution in [0.1, 0.15) is 74.7 Å². The number of hydrogen-bond acceptors (Lipinski definition) is 14. The number of Topliss-reactive ketones (excluding diaryl/α,β-unsaturated/α-hetero) is 2. The van der Waals surface area contributed by atoms with E-state index >= 15 is 0 Å². The number of allylic oxidation sites excluding steroid dienone is 1. The lowest BCUT2D eigenvalue weighted by Crippen LogP contribution is -2.62. The average Bonchev–Trinajstić information content (AvgIpc) is 3.13. The first-order valence-corrected chi connectivity index (χ1v) is 18.1. The number of carbonyl (C=O) groups is 3. The molecule has 15 heteroatoms. The van der Waals surface area contributed by atoms with Gasteiger partial charge in [-0.3, -0.25) is 14.4 Å². The number of hydrogen-bond donors (Lipinski definition) is 6. The first-order valence-electron chi connectivity index (χ1n) is 18.1. The van der Waals surface area contributed by atoms with Crippen LogP contribution in [0.2, 0.25) is 0 Å².